The van der Waals surface area contributed by atoms with E-state index in [9.17, 15) is 9.90 Å². The number of aromatic carboxylic acids is 1. The molecule has 114 valence electrons. The summed E-state index contributed by atoms with van der Waals surface area (Å²) in [5.41, 5.74) is 2.49. The van der Waals surface area contributed by atoms with Gasteiger partial charge in [-0.2, -0.15) is 0 Å². The van der Waals surface area contributed by atoms with Crippen LogP contribution in [-0.2, 0) is 6.42 Å². The van der Waals surface area contributed by atoms with E-state index in [0.717, 1.165) is 31.7 Å². The average molecular weight is 296 g/mol. The number of benzene rings is 2. The van der Waals surface area contributed by atoms with Crippen LogP contribution in [0.2, 0.25) is 0 Å². The van der Waals surface area contributed by atoms with E-state index < -0.39 is 5.97 Å². The Bertz CT molecular complexity index is 643. The lowest BCUT2D eigenvalue weighted by Crippen LogP contribution is -2.52. The minimum atomic E-state index is -0.867. The molecule has 1 aliphatic rings. The van der Waals surface area contributed by atoms with Crippen molar-refractivity contribution in [1.82, 2.24) is 5.32 Å². The summed E-state index contributed by atoms with van der Waals surface area (Å²) >= 11 is 0. The van der Waals surface area contributed by atoms with Gasteiger partial charge >= 0.3 is 5.97 Å². The van der Waals surface area contributed by atoms with Crippen LogP contribution in [0, 0.1) is 0 Å². The molecular formula is C18H20N2O2. The summed E-state index contributed by atoms with van der Waals surface area (Å²) in [7, 11) is 0. The third-order valence-electron chi connectivity index (χ3n) is 4.06. The number of nitrogens with zero attached hydrogens (tertiary/aromatic N) is 1. The maximum absolute atomic E-state index is 11.4. The molecule has 1 saturated heterocycles. The van der Waals surface area contributed by atoms with Gasteiger partial charge in [0.15, 0.2) is 0 Å². The Hall–Kier alpha value is -2.33. The van der Waals surface area contributed by atoms with Gasteiger partial charge in [-0.3, -0.25) is 0 Å². The van der Waals surface area contributed by atoms with E-state index in [-0.39, 0.29) is 0 Å². The fourth-order valence-corrected chi connectivity index (χ4v) is 3.01. The van der Waals surface area contributed by atoms with Crippen molar-refractivity contribution in [2.45, 2.75) is 12.5 Å². The number of hydrogen-bond donors (Lipinski definition) is 2. The second-order valence-electron chi connectivity index (χ2n) is 5.61. The van der Waals surface area contributed by atoms with Crippen LogP contribution in [0.15, 0.2) is 54.6 Å². The Balaban J connectivity index is 1.75. The summed E-state index contributed by atoms with van der Waals surface area (Å²) in [6.07, 6.45) is 0.951. The lowest BCUT2D eigenvalue weighted by atomic mass is 10.0. The molecule has 0 spiro atoms. The fourth-order valence-electron chi connectivity index (χ4n) is 3.01. The topological polar surface area (TPSA) is 52.6 Å². The highest BCUT2D eigenvalue weighted by Crippen LogP contribution is 2.22. The number of para-hydroxylation sites is 1. The van der Waals surface area contributed by atoms with Gasteiger partial charge in [0.05, 0.1) is 11.3 Å². The molecule has 3 rings (SSSR count). The van der Waals surface area contributed by atoms with Crippen molar-refractivity contribution < 1.29 is 9.90 Å². The molecule has 1 fully saturated rings. The molecule has 2 aromatic rings. The quantitative estimate of drug-likeness (QED) is 0.910. The number of piperazine rings is 1. The zero-order chi connectivity index (χ0) is 15.4. The van der Waals surface area contributed by atoms with Gasteiger partial charge in [-0.25, -0.2) is 4.79 Å². The predicted octanol–water partition coefficient (Wildman–Crippen LogP) is 2.41. The number of carbonyl (C=O) groups is 1. The summed E-state index contributed by atoms with van der Waals surface area (Å²) < 4.78 is 0. The lowest BCUT2D eigenvalue weighted by Gasteiger charge is -2.36. The van der Waals surface area contributed by atoms with Crippen LogP contribution in [-0.4, -0.2) is 36.8 Å². The summed E-state index contributed by atoms with van der Waals surface area (Å²) in [4.78, 5) is 13.6. The van der Waals surface area contributed by atoms with Crippen LogP contribution < -0.4 is 10.2 Å². The number of hydrogen-bond acceptors (Lipinski definition) is 3. The van der Waals surface area contributed by atoms with Crippen molar-refractivity contribution in [3.8, 4) is 0 Å². The number of carboxylic acids is 1. The van der Waals surface area contributed by atoms with Gasteiger partial charge in [-0.15, -0.1) is 0 Å². The van der Waals surface area contributed by atoms with Crippen LogP contribution in [0.25, 0.3) is 0 Å². The molecule has 2 N–H and O–H groups in total. The molecule has 1 aliphatic heterocycles. The average Bonchev–Trinajstić information content (AvgIpc) is 2.56. The van der Waals surface area contributed by atoms with Gasteiger partial charge in [-0.05, 0) is 24.1 Å². The first-order valence-corrected chi connectivity index (χ1v) is 7.58. The number of nitrogens with one attached hydrogen (secondary N) is 1. The molecule has 22 heavy (non-hydrogen) atoms. The maximum atomic E-state index is 11.4. The predicted molar refractivity (Wildman–Crippen MR) is 87.6 cm³/mol. The number of anilines is 1. The van der Waals surface area contributed by atoms with E-state index in [4.69, 9.17) is 0 Å². The Morgan fingerprint density at radius 3 is 2.64 bits per heavy atom. The first-order chi connectivity index (χ1) is 10.7. The van der Waals surface area contributed by atoms with Crippen LogP contribution in [0.5, 0.6) is 0 Å². The number of rotatable bonds is 4. The summed E-state index contributed by atoms with van der Waals surface area (Å²) in [5.74, 6) is -0.867. The maximum Gasteiger partial charge on any atom is 0.337 e. The van der Waals surface area contributed by atoms with Crippen molar-refractivity contribution in [1.29, 1.82) is 0 Å². The first-order valence-electron chi connectivity index (χ1n) is 7.58. The largest absolute Gasteiger partial charge is 0.478 e. The molecule has 0 saturated carbocycles. The Morgan fingerprint density at radius 2 is 1.86 bits per heavy atom. The lowest BCUT2D eigenvalue weighted by molar-refractivity contribution is 0.0697. The molecule has 0 radical (unpaired) electrons. The van der Waals surface area contributed by atoms with Crippen molar-refractivity contribution in [3.05, 3.63) is 65.7 Å². The molecule has 0 bridgehead atoms. The van der Waals surface area contributed by atoms with Gasteiger partial charge in [-0.1, -0.05) is 42.5 Å². The SMILES string of the molecule is O=C(O)c1ccccc1N1CCN[C@@H](Cc2ccccc2)C1. The van der Waals surface area contributed by atoms with Crippen LogP contribution in [0.1, 0.15) is 15.9 Å². The molecule has 0 aliphatic carbocycles. The minimum Gasteiger partial charge on any atom is -0.478 e. The molecule has 0 aromatic heterocycles. The van der Waals surface area contributed by atoms with E-state index in [0.29, 0.717) is 11.6 Å². The van der Waals surface area contributed by atoms with Crippen molar-refractivity contribution in [2.75, 3.05) is 24.5 Å². The van der Waals surface area contributed by atoms with E-state index >= 15 is 0 Å². The molecule has 0 amide bonds. The van der Waals surface area contributed by atoms with Crippen LogP contribution >= 0.6 is 0 Å². The Kier molecular flexibility index (Phi) is 4.39. The molecule has 1 atom stereocenters. The van der Waals surface area contributed by atoms with Gasteiger partial charge in [0.2, 0.25) is 0 Å². The Labute approximate surface area is 130 Å². The van der Waals surface area contributed by atoms with Gasteiger partial charge in [0, 0.05) is 25.7 Å². The van der Waals surface area contributed by atoms with Crippen molar-refractivity contribution >= 4 is 11.7 Å². The van der Waals surface area contributed by atoms with Gasteiger partial charge in [0.1, 0.15) is 0 Å². The molecule has 4 heteroatoms. The molecule has 0 unspecified atom stereocenters. The zero-order valence-corrected chi connectivity index (χ0v) is 12.4. The highest BCUT2D eigenvalue weighted by atomic mass is 16.4. The smallest absolute Gasteiger partial charge is 0.337 e. The van der Waals surface area contributed by atoms with E-state index in [1.807, 2.05) is 18.2 Å². The number of carboxylic acid groups (broad SMARTS) is 1. The van der Waals surface area contributed by atoms with Gasteiger partial charge < -0.3 is 15.3 Å². The van der Waals surface area contributed by atoms with E-state index in [1.165, 1.54) is 5.56 Å². The molecule has 4 nitrogen and oxygen atoms in total. The fraction of sp³-hybridized carbons (Fsp3) is 0.278. The zero-order valence-electron chi connectivity index (χ0n) is 12.4. The first kappa shape index (κ1) is 14.6. The van der Waals surface area contributed by atoms with E-state index in [1.54, 1.807) is 12.1 Å². The summed E-state index contributed by atoms with van der Waals surface area (Å²) in [6, 6.07) is 18.0. The van der Waals surface area contributed by atoms with Crippen molar-refractivity contribution in [2.24, 2.45) is 0 Å². The third-order valence-corrected chi connectivity index (χ3v) is 4.06. The second kappa shape index (κ2) is 6.62. The third kappa shape index (κ3) is 3.28. The highest BCUT2D eigenvalue weighted by Gasteiger charge is 2.22. The monoisotopic (exact) mass is 296 g/mol. The minimum absolute atomic E-state index is 0.331. The van der Waals surface area contributed by atoms with Crippen molar-refractivity contribution in [3.63, 3.8) is 0 Å². The second-order valence-corrected chi connectivity index (χ2v) is 5.61. The Morgan fingerprint density at radius 1 is 1.14 bits per heavy atom. The van der Waals surface area contributed by atoms with Gasteiger partial charge in [0.25, 0.3) is 0 Å². The normalized spacial score (nSPS) is 18.2. The van der Waals surface area contributed by atoms with E-state index in [2.05, 4.69) is 34.5 Å². The van der Waals surface area contributed by atoms with Crippen LogP contribution in [0.3, 0.4) is 0 Å². The molecule has 2 aromatic carbocycles. The summed E-state index contributed by atoms with van der Waals surface area (Å²) in [6.45, 7) is 2.51. The highest BCUT2D eigenvalue weighted by molar-refractivity contribution is 5.94. The van der Waals surface area contributed by atoms with Crippen LogP contribution in [0.4, 0.5) is 5.69 Å². The molecular weight excluding hydrogens is 276 g/mol. The molecule has 1 heterocycles. The standard InChI is InChI=1S/C18H20N2O2/c21-18(22)16-8-4-5-9-17(16)20-11-10-19-15(13-20)12-14-6-2-1-3-7-14/h1-9,15,19H,10-13H2,(H,21,22)/t15-/m0/s1. The summed E-state index contributed by atoms with van der Waals surface area (Å²) in [5, 5.41) is 12.9.